The summed E-state index contributed by atoms with van der Waals surface area (Å²) in [5, 5.41) is 0.760. The summed E-state index contributed by atoms with van der Waals surface area (Å²) in [7, 11) is 0. The molecule has 0 atom stereocenters. The van der Waals surface area contributed by atoms with Gasteiger partial charge in [-0.2, -0.15) is 0 Å². The summed E-state index contributed by atoms with van der Waals surface area (Å²) in [5.74, 6) is 1.53. The molecule has 9 heteroatoms. The van der Waals surface area contributed by atoms with E-state index in [4.69, 9.17) is 0 Å². The summed E-state index contributed by atoms with van der Waals surface area (Å²) < 4.78 is 0. The molecule has 3 aromatic rings. The van der Waals surface area contributed by atoms with Crippen LogP contribution in [0.2, 0.25) is 0 Å². The van der Waals surface area contributed by atoms with Gasteiger partial charge in [-0.05, 0) is 48.9 Å². The fraction of sp³-hybridized carbons (Fsp3) is 0.440. The lowest BCUT2D eigenvalue weighted by Crippen LogP contribution is -2.51. The molecule has 0 spiro atoms. The number of amides is 2. The molecular weight excluding hydrogens is 468 g/mol. The first-order valence-corrected chi connectivity index (χ1v) is 13.8. The van der Waals surface area contributed by atoms with Gasteiger partial charge in [-0.1, -0.05) is 19.1 Å². The van der Waals surface area contributed by atoms with Crippen molar-refractivity contribution in [3.05, 3.63) is 62.0 Å². The van der Waals surface area contributed by atoms with Crippen molar-refractivity contribution < 1.29 is 9.59 Å². The van der Waals surface area contributed by atoms with Crippen molar-refractivity contribution in [1.82, 2.24) is 19.8 Å². The van der Waals surface area contributed by atoms with Crippen molar-refractivity contribution in [3.8, 4) is 0 Å². The van der Waals surface area contributed by atoms with E-state index in [1.54, 1.807) is 11.3 Å². The molecule has 2 amide bonds. The molecule has 1 aliphatic heterocycles. The Morgan fingerprint density at radius 2 is 1.82 bits per heavy atom. The lowest BCUT2D eigenvalue weighted by Gasteiger charge is -2.34. The number of rotatable bonds is 6. The van der Waals surface area contributed by atoms with E-state index in [1.807, 2.05) is 34.1 Å². The second kappa shape index (κ2) is 9.92. The average molecular weight is 497 g/mol. The Bertz CT molecular complexity index is 1270. The molecule has 0 saturated carbocycles. The topological polar surface area (TPSA) is 86.4 Å². The van der Waals surface area contributed by atoms with Crippen LogP contribution in [-0.2, 0) is 29.8 Å². The number of aryl methyl sites for hydroxylation is 3. The van der Waals surface area contributed by atoms with E-state index in [-0.39, 0.29) is 17.4 Å². The van der Waals surface area contributed by atoms with Crippen molar-refractivity contribution in [3.63, 3.8) is 0 Å². The SMILES string of the molecule is CCc1ccc(C(=O)N2CCN(C(=O)CSCc3nc4sc5c(c4c(=O)[nH]3)CCC5)CC2)cc1. The number of thiophene rings is 1. The molecule has 1 aliphatic carbocycles. The highest BCUT2D eigenvalue weighted by molar-refractivity contribution is 7.99. The molecule has 1 saturated heterocycles. The Kier molecular flexibility index (Phi) is 6.74. The van der Waals surface area contributed by atoms with E-state index in [0.717, 1.165) is 35.9 Å². The molecule has 3 heterocycles. The molecule has 1 aromatic carbocycles. The Morgan fingerprint density at radius 3 is 2.56 bits per heavy atom. The van der Waals surface area contributed by atoms with Crippen molar-refractivity contribution >= 4 is 45.1 Å². The smallest absolute Gasteiger partial charge is 0.259 e. The van der Waals surface area contributed by atoms with Crippen molar-refractivity contribution in [2.24, 2.45) is 0 Å². The van der Waals surface area contributed by atoms with Crippen LogP contribution in [0.5, 0.6) is 0 Å². The fourth-order valence-electron chi connectivity index (χ4n) is 4.67. The molecule has 1 N–H and O–H groups in total. The third-order valence-electron chi connectivity index (χ3n) is 6.62. The summed E-state index contributed by atoms with van der Waals surface area (Å²) in [6, 6.07) is 7.76. The van der Waals surface area contributed by atoms with Crippen LogP contribution in [0.3, 0.4) is 0 Å². The normalized spacial score (nSPS) is 15.7. The molecule has 0 unspecified atom stereocenters. The van der Waals surface area contributed by atoms with Crippen LogP contribution in [0.4, 0.5) is 0 Å². The Morgan fingerprint density at radius 1 is 1.09 bits per heavy atom. The summed E-state index contributed by atoms with van der Waals surface area (Å²) >= 11 is 3.10. The van der Waals surface area contributed by atoms with Crippen LogP contribution >= 0.6 is 23.1 Å². The Hall–Kier alpha value is -2.65. The first-order valence-electron chi connectivity index (χ1n) is 11.8. The number of nitrogens with zero attached hydrogens (tertiary/aromatic N) is 3. The number of aromatic nitrogens is 2. The molecule has 34 heavy (non-hydrogen) atoms. The lowest BCUT2D eigenvalue weighted by molar-refractivity contribution is -0.129. The van der Waals surface area contributed by atoms with Crippen LogP contribution in [-0.4, -0.2) is 63.5 Å². The van der Waals surface area contributed by atoms with Crippen LogP contribution in [0.15, 0.2) is 29.1 Å². The monoisotopic (exact) mass is 496 g/mol. The van der Waals surface area contributed by atoms with Gasteiger partial charge in [0, 0.05) is 36.6 Å². The highest BCUT2D eigenvalue weighted by atomic mass is 32.2. The molecule has 0 bridgehead atoms. The van der Waals surface area contributed by atoms with Crippen LogP contribution < -0.4 is 5.56 Å². The van der Waals surface area contributed by atoms with Crippen molar-refractivity contribution in [2.45, 2.75) is 38.4 Å². The van der Waals surface area contributed by atoms with E-state index < -0.39 is 0 Å². The first-order chi connectivity index (χ1) is 16.5. The summed E-state index contributed by atoms with van der Waals surface area (Å²) in [6.07, 6.45) is 4.07. The molecule has 2 aliphatic rings. The standard InChI is InChI=1S/C25H28N4O3S2/c1-2-16-6-8-17(9-7-16)25(32)29-12-10-28(11-13-29)21(30)15-33-14-20-26-23(31)22-18-4-3-5-19(18)34-24(22)27-20/h6-9H,2-5,10-15H2,1H3,(H,26,27,31). The Labute approximate surface area is 206 Å². The number of hydrogen-bond acceptors (Lipinski definition) is 6. The van der Waals surface area contributed by atoms with Crippen LogP contribution in [0.25, 0.3) is 10.2 Å². The van der Waals surface area contributed by atoms with Gasteiger partial charge in [-0.25, -0.2) is 4.98 Å². The molecule has 2 aromatic heterocycles. The number of thioether (sulfide) groups is 1. The van der Waals surface area contributed by atoms with Crippen molar-refractivity contribution in [1.29, 1.82) is 0 Å². The average Bonchev–Trinajstić information content (AvgIpc) is 3.45. The largest absolute Gasteiger partial charge is 0.338 e. The number of carbonyl (C=O) groups is 2. The molecule has 5 rings (SSSR count). The van der Waals surface area contributed by atoms with Gasteiger partial charge in [0.25, 0.3) is 11.5 Å². The summed E-state index contributed by atoms with van der Waals surface area (Å²) in [5.41, 5.74) is 3.03. The molecule has 0 radical (unpaired) electrons. The predicted octanol–water partition coefficient (Wildman–Crippen LogP) is 3.25. The lowest BCUT2D eigenvalue weighted by atomic mass is 10.1. The summed E-state index contributed by atoms with van der Waals surface area (Å²) in [4.78, 5) is 51.3. The quantitative estimate of drug-likeness (QED) is 0.566. The maximum atomic E-state index is 12.8. The molecule has 7 nitrogen and oxygen atoms in total. The van der Waals surface area contributed by atoms with Crippen LogP contribution in [0, 0.1) is 0 Å². The number of aromatic amines is 1. The second-order valence-corrected chi connectivity index (χ2v) is 10.8. The fourth-order valence-corrected chi connectivity index (χ4v) is 6.74. The number of hydrogen-bond donors (Lipinski definition) is 1. The minimum Gasteiger partial charge on any atom is -0.338 e. The van der Waals surface area contributed by atoms with Gasteiger partial charge >= 0.3 is 0 Å². The predicted molar refractivity (Wildman–Crippen MR) is 137 cm³/mol. The van der Waals surface area contributed by atoms with E-state index in [0.29, 0.717) is 49.1 Å². The maximum Gasteiger partial charge on any atom is 0.259 e. The maximum absolute atomic E-state index is 12.8. The van der Waals surface area contributed by atoms with Gasteiger partial charge in [-0.15, -0.1) is 23.1 Å². The summed E-state index contributed by atoms with van der Waals surface area (Å²) in [6.45, 7) is 4.26. The van der Waals surface area contributed by atoms with Gasteiger partial charge in [0.05, 0.1) is 16.9 Å². The number of carbonyl (C=O) groups excluding carboxylic acids is 2. The minimum absolute atomic E-state index is 0.0223. The highest BCUT2D eigenvalue weighted by Gasteiger charge is 2.25. The number of nitrogens with one attached hydrogen (secondary N) is 1. The number of benzene rings is 1. The van der Waals surface area contributed by atoms with Gasteiger partial charge < -0.3 is 14.8 Å². The first kappa shape index (κ1) is 23.1. The van der Waals surface area contributed by atoms with Gasteiger partial charge in [-0.3, -0.25) is 14.4 Å². The third-order valence-corrected chi connectivity index (χ3v) is 8.73. The van der Waals surface area contributed by atoms with E-state index in [9.17, 15) is 14.4 Å². The van der Waals surface area contributed by atoms with E-state index in [2.05, 4.69) is 16.9 Å². The van der Waals surface area contributed by atoms with E-state index in [1.165, 1.54) is 27.8 Å². The Balaban J connectivity index is 1.11. The van der Waals surface area contributed by atoms with Gasteiger partial charge in [0.1, 0.15) is 10.7 Å². The minimum atomic E-state index is -0.0588. The zero-order chi connectivity index (χ0) is 23.7. The number of H-pyrrole nitrogens is 1. The zero-order valence-electron chi connectivity index (χ0n) is 19.3. The van der Waals surface area contributed by atoms with E-state index >= 15 is 0 Å². The second-order valence-electron chi connectivity index (χ2n) is 8.77. The molecule has 1 fully saturated rings. The van der Waals surface area contributed by atoms with Gasteiger partial charge in [0.15, 0.2) is 0 Å². The van der Waals surface area contributed by atoms with Gasteiger partial charge in [0.2, 0.25) is 5.91 Å². The number of piperazine rings is 1. The van der Waals surface area contributed by atoms with Crippen molar-refractivity contribution in [2.75, 3.05) is 31.9 Å². The molecular formula is C25H28N4O3S2. The molecule has 178 valence electrons. The van der Waals surface area contributed by atoms with Crippen LogP contribution in [0.1, 0.15) is 45.5 Å². The third kappa shape index (κ3) is 4.63. The number of fused-ring (bicyclic) bond motifs is 3. The highest BCUT2D eigenvalue weighted by Crippen LogP contribution is 2.34. The zero-order valence-corrected chi connectivity index (χ0v) is 20.9.